The summed E-state index contributed by atoms with van der Waals surface area (Å²) in [4.78, 5) is 11.2. The van der Waals surface area contributed by atoms with E-state index >= 15 is 0 Å². The summed E-state index contributed by atoms with van der Waals surface area (Å²) < 4.78 is 5.18. The minimum absolute atomic E-state index is 0.0816. The van der Waals surface area contributed by atoms with Gasteiger partial charge in [0.1, 0.15) is 12.4 Å². The maximum Gasteiger partial charge on any atom is 0.163 e. The molecular formula is C10H13NO3. The van der Waals surface area contributed by atoms with Gasteiger partial charge in [-0.1, -0.05) is 0 Å². The van der Waals surface area contributed by atoms with E-state index in [1.165, 1.54) is 6.92 Å². The van der Waals surface area contributed by atoms with Crippen LogP contribution >= 0.6 is 0 Å². The highest BCUT2D eigenvalue weighted by Crippen LogP contribution is 2.21. The molecule has 1 aromatic rings. The summed E-state index contributed by atoms with van der Waals surface area (Å²) in [6.45, 7) is 1.53. The maximum absolute atomic E-state index is 11.2. The SMILES string of the molecule is CC(=O)c1cc(N)ccc1OCCO. The number of carbonyl (C=O) groups excluding carboxylic acids is 1. The van der Waals surface area contributed by atoms with E-state index in [0.29, 0.717) is 17.0 Å². The van der Waals surface area contributed by atoms with E-state index in [9.17, 15) is 4.79 Å². The minimum atomic E-state index is -0.106. The van der Waals surface area contributed by atoms with Crippen LogP contribution in [0.15, 0.2) is 18.2 Å². The van der Waals surface area contributed by atoms with Crippen molar-refractivity contribution in [1.82, 2.24) is 0 Å². The summed E-state index contributed by atoms with van der Waals surface area (Å²) in [5.41, 5.74) is 6.50. The van der Waals surface area contributed by atoms with Gasteiger partial charge in [-0.25, -0.2) is 0 Å². The van der Waals surface area contributed by atoms with Crippen molar-refractivity contribution < 1.29 is 14.6 Å². The van der Waals surface area contributed by atoms with Gasteiger partial charge in [0.15, 0.2) is 5.78 Å². The van der Waals surface area contributed by atoms with Crippen molar-refractivity contribution in [2.24, 2.45) is 0 Å². The normalized spacial score (nSPS) is 9.86. The standard InChI is InChI=1S/C10H13NO3/c1-7(13)9-6-8(11)2-3-10(9)14-5-4-12/h2-3,6,12H,4-5,11H2,1H3. The van der Waals surface area contributed by atoms with Gasteiger partial charge in [-0.05, 0) is 25.1 Å². The molecule has 0 fully saturated rings. The fraction of sp³-hybridized carbons (Fsp3) is 0.300. The number of hydrogen-bond donors (Lipinski definition) is 2. The van der Waals surface area contributed by atoms with Crippen LogP contribution in [0.4, 0.5) is 5.69 Å². The van der Waals surface area contributed by atoms with Crippen LogP contribution in [0.5, 0.6) is 5.75 Å². The third-order valence-corrected chi connectivity index (χ3v) is 1.73. The van der Waals surface area contributed by atoms with Crippen LogP contribution in [0.1, 0.15) is 17.3 Å². The molecule has 0 aliphatic rings. The molecule has 0 spiro atoms. The zero-order chi connectivity index (χ0) is 10.6. The summed E-state index contributed by atoms with van der Waals surface area (Å²) in [7, 11) is 0. The average Bonchev–Trinajstić information content (AvgIpc) is 2.15. The Balaban J connectivity index is 2.96. The number of aliphatic hydroxyl groups is 1. The Morgan fingerprint density at radius 3 is 2.86 bits per heavy atom. The molecule has 14 heavy (non-hydrogen) atoms. The average molecular weight is 195 g/mol. The quantitative estimate of drug-likeness (QED) is 0.551. The summed E-state index contributed by atoms with van der Waals surface area (Å²) >= 11 is 0. The highest BCUT2D eigenvalue weighted by atomic mass is 16.5. The number of ether oxygens (including phenoxy) is 1. The van der Waals surface area contributed by atoms with Crippen molar-refractivity contribution in [2.75, 3.05) is 18.9 Å². The number of aliphatic hydroxyl groups excluding tert-OH is 1. The lowest BCUT2D eigenvalue weighted by Crippen LogP contribution is -2.06. The molecule has 0 aromatic heterocycles. The third-order valence-electron chi connectivity index (χ3n) is 1.73. The van der Waals surface area contributed by atoms with Crippen LogP contribution in [0.2, 0.25) is 0 Å². The molecule has 0 aliphatic heterocycles. The van der Waals surface area contributed by atoms with Crippen molar-refractivity contribution in [3.63, 3.8) is 0 Å². The second kappa shape index (κ2) is 4.62. The molecule has 3 N–H and O–H groups in total. The van der Waals surface area contributed by atoms with Gasteiger partial charge < -0.3 is 15.6 Å². The largest absolute Gasteiger partial charge is 0.490 e. The molecule has 0 saturated carbocycles. The molecule has 0 aliphatic carbocycles. The molecule has 0 bridgehead atoms. The van der Waals surface area contributed by atoms with E-state index in [1.807, 2.05) is 0 Å². The number of nitrogen functional groups attached to an aromatic ring is 1. The lowest BCUT2D eigenvalue weighted by molar-refractivity contribution is 0.101. The fourth-order valence-electron chi connectivity index (χ4n) is 1.10. The molecular weight excluding hydrogens is 182 g/mol. The van der Waals surface area contributed by atoms with Crippen LogP contribution in [0.3, 0.4) is 0 Å². The highest BCUT2D eigenvalue weighted by Gasteiger charge is 2.08. The second-order valence-corrected chi connectivity index (χ2v) is 2.88. The molecule has 0 unspecified atom stereocenters. The van der Waals surface area contributed by atoms with Crippen molar-refractivity contribution in [3.05, 3.63) is 23.8 Å². The number of hydrogen-bond acceptors (Lipinski definition) is 4. The van der Waals surface area contributed by atoms with E-state index in [0.717, 1.165) is 0 Å². The predicted molar refractivity (Wildman–Crippen MR) is 53.4 cm³/mol. The first kappa shape index (κ1) is 10.5. The first-order chi connectivity index (χ1) is 6.65. The summed E-state index contributed by atoms with van der Waals surface area (Å²) in [5.74, 6) is 0.353. The molecule has 0 radical (unpaired) electrons. The van der Waals surface area contributed by atoms with E-state index in [1.54, 1.807) is 18.2 Å². The molecule has 0 amide bonds. The Kier molecular flexibility index (Phi) is 3.48. The Morgan fingerprint density at radius 2 is 2.29 bits per heavy atom. The van der Waals surface area contributed by atoms with E-state index < -0.39 is 0 Å². The molecule has 0 atom stereocenters. The fourth-order valence-corrected chi connectivity index (χ4v) is 1.10. The Morgan fingerprint density at radius 1 is 1.57 bits per heavy atom. The van der Waals surface area contributed by atoms with Crippen LogP contribution < -0.4 is 10.5 Å². The van der Waals surface area contributed by atoms with Gasteiger partial charge in [-0.3, -0.25) is 4.79 Å². The summed E-state index contributed by atoms with van der Waals surface area (Å²) in [6.07, 6.45) is 0. The van der Waals surface area contributed by atoms with Crippen molar-refractivity contribution in [3.8, 4) is 5.75 Å². The molecule has 76 valence electrons. The molecule has 1 rings (SSSR count). The Hall–Kier alpha value is -1.55. The van der Waals surface area contributed by atoms with Gasteiger partial charge in [0.25, 0.3) is 0 Å². The predicted octanol–water partition coefficient (Wildman–Crippen LogP) is 0.843. The maximum atomic E-state index is 11.2. The lowest BCUT2D eigenvalue weighted by Gasteiger charge is -2.08. The first-order valence-electron chi connectivity index (χ1n) is 4.29. The number of rotatable bonds is 4. The van der Waals surface area contributed by atoms with E-state index in [2.05, 4.69) is 0 Å². The van der Waals surface area contributed by atoms with Crippen LogP contribution in [-0.2, 0) is 0 Å². The van der Waals surface area contributed by atoms with Crippen LogP contribution in [0.25, 0.3) is 0 Å². The van der Waals surface area contributed by atoms with Crippen molar-refractivity contribution in [2.45, 2.75) is 6.92 Å². The summed E-state index contributed by atoms with van der Waals surface area (Å²) in [5, 5.41) is 8.58. The Labute approximate surface area is 82.3 Å². The van der Waals surface area contributed by atoms with Gasteiger partial charge in [-0.2, -0.15) is 0 Å². The molecule has 0 saturated heterocycles. The van der Waals surface area contributed by atoms with Gasteiger partial charge in [0.2, 0.25) is 0 Å². The van der Waals surface area contributed by atoms with Crippen LogP contribution in [-0.4, -0.2) is 24.1 Å². The smallest absolute Gasteiger partial charge is 0.163 e. The first-order valence-corrected chi connectivity index (χ1v) is 4.29. The zero-order valence-electron chi connectivity index (χ0n) is 7.99. The monoisotopic (exact) mass is 195 g/mol. The number of anilines is 1. The number of nitrogens with two attached hydrogens (primary N) is 1. The number of ketones is 1. The van der Waals surface area contributed by atoms with Gasteiger partial charge in [0.05, 0.1) is 12.2 Å². The van der Waals surface area contributed by atoms with Crippen LogP contribution in [0, 0.1) is 0 Å². The minimum Gasteiger partial charge on any atom is -0.490 e. The van der Waals surface area contributed by atoms with Gasteiger partial charge >= 0.3 is 0 Å². The highest BCUT2D eigenvalue weighted by molar-refractivity contribution is 5.97. The topological polar surface area (TPSA) is 72.6 Å². The van der Waals surface area contributed by atoms with E-state index in [4.69, 9.17) is 15.6 Å². The zero-order valence-corrected chi connectivity index (χ0v) is 7.99. The van der Waals surface area contributed by atoms with Gasteiger partial charge in [-0.15, -0.1) is 0 Å². The third kappa shape index (κ3) is 2.47. The lowest BCUT2D eigenvalue weighted by atomic mass is 10.1. The number of benzene rings is 1. The van der Waals surface area contributed by atoms with E-state index in [-0.39, 0.29) is 19.0 Å². The Bertz CT molecular complexity index is 336. The summed E-state index contributed by atoms with van der Waals surface area (Å²) in [6, 6.07) is 4.84. The number of carbonyl (C=O) groups is 1. The van der Waals surface area contributed by atoms with Gasteiger partial charge in [0, 0.05) is 5.69 Å². The van der Waals surface area contributed by atoms with Crippen molar-refractivity contribution in [1.29, 1.82) is 0 Å². The molecule has 4 heteroatoms. The van der Waals surface area contributed by atoms with Crippen molar-refractivity contribution >= 4 is 11.5 Å². The number of Topliss-reactive ketones (excluding diaryl/α,β-unsaturated/α-hetero) is 1. The molecule has 4 nitrogen and oxygen atoms in total. The molecule has 0 heterocycles. The second-order valence-electron chi connectivity index (χ2n) is 2.88. The molecule has 1 aromatic carbocycles.